The van der Waals surface area contributed by atoms with Gasteiger partial charge < -0.3 is 10.4 Å². The average molecular weight is 301 g/mol. The van der Waals surface area contributed by atoms with Crippen LogP contribution in [-0.2, 0) is 11.3 Å². The van der Waals surface area contributed by atoms with Crippen molar-refractivity contribution in [2.45, 2.75) is 24.5 Å². The minimum atomic E-state index is -1.13. The number of carbonyl (C=O) groups excluding carboxylic acids is 1. The van der Waals surface area contributed by atoms with Gasteiger partial charge in [0, 0.05) is 11.4 Å². The van der Waals surface area contributed by atoms with Gasteiger partial charge in [0.15, 0.2) is 6.10 Å². The van der Waals surface area contributed by atoms with Gasteiger partial charge in [-0.05, 0) is 35.9 Å². The van der Waals surface area contributed by atoms with Gasteiger partial charge in [-0.2, -0.15) is 0 Å². The first-order valence-corrected chi connectivity index (χ1v) is 7.98. The van der Waals surface area contributed by atoms with Crippen LogP contribution in [0, 0.1) is 6.92 Å². The summed E-state index contributed by atoms with van der Waals surface area (Å²) < 4.78 is 0. The van der Waals surface area contributed by atoms with E-state index in [0.29, 0.717) is 12.1 Å². The molecular formula is C17H19NO2S. The van der Waals surface area contributed by atoms with Gasteiger partial charge in [-0.1, -0.05) is 42.5 Å². The molecule has 0 heterocycles. The van der Waals surface area contributed by atoms with Crippen molar-refractivity contribution < 1.29 is 9.90 Å². The van der Waals surface area contributed by atoms with Crippen molar-refractivity contribution in [1.29, 1.82) is 0 Å². The van der Waals surface area contributed by atoms with E-state index in [9.17, 15) is 9.90 Å². The van der Waals surface area contributed by atoms with Gasteiger partial charge >= 0.3 is 0 Å². The van der Waals surface area contributed by atoms with E-state index in [1.54, 1.807) is 36.0 Å². The van der Waals surface area contributed by atoms with Crippen LogP contribution < -0.4 is 5.32 Å². The molecule has 3 nitrogen and oxygen atoms in total. The molecule has 1 amide bonds. The van der Waals surface area contributed by atoms with E-state index in [0.717, 1.165) is 10.5 Å². The van der Waals surface area contributed by atoms with E-state index in [4.69, 9.17) is 0 Å². The Hall–Kier alpha value is -1.78. The van der Waals surface area contributed by atoms with Crippen LogP contribution in [0.2, 0.25) is 0 Å². The Morgan fingerprint density at radius 2 is 1.95 bits per heavy atom. The maximum absolute atomic E-state index is 12.0. The zero-order valence-corrected chi connectivity index (χ0v) is 13.0. The van der Waals surface area contributed by atoms with E-state index >= 15 is 0 Å². The highest BCUT2D eigenvalue weighted by atomic mass is 32.2. The Balaban J connectivity index is 2.01. The summed E-state index contributed by atoms with van der Waals surface area (Å²) in [5, 5.41) is 12.8. The highest BCUT2D eigenvalue weighted by Gasteiger charge is 2.16. The monoisotopic (exact) mass is 301 g/mol. The number of aryl methyl sites for hydroxylation is 1. The smallest absolute Gasteiger partial charge is 0.253 e. The molecule has 0 aliphatic carbocycles. The number of hydrogen-bond acceptors (Lipinski definition) is 3. The number of rotatable bonds is 5. The minimum absolute atomic E-state index is 0.381. The summed E-state index contributed by atoms with van der Waals surface area (Å²) in [7, 11) is 0. The number of aliphatic hydroxyl groups is 1. The first kappa shape index (κ1) is 15.6. The molecule has 2 rings (SSSR count). The van der Waals surface area contributed by atoms with E-state index in [1.807, 2.05) is 31.4 Å². The fourth-order valence-electron chi connectivity index (χ4n) is 2.06. The summed E-state index contributed by atoms with van der Waals surface area (Å²) in [6.45, 7) is 2.46. The van der Waals surface area contributed by atoms with E-state index in [-0.39, 0.29) is 5.91 Å². The highest BCUT2D eigenvalue weighted by Crippen LogP contribution is 2.22. The highest BCUT2D eigenvalue weighted by molar-refractivity contribution is 7.98. The summed E-state index contributed by atoms with van der Waals surface area (Å²) in [4.78, 5) is 13.2. The lowest BCUT2D eigenvalue weighted by Gasteiger charge is -2.13. The Bertz CT molecular complexity index is 613. The van der Waals surface area contributed by atoms with Gasteiger partial charge in [0.1, 0.15) is 0 Å². The third-order valence-electron chi connectivity index (χ3n) is 3.26. The molecular weight excluding hydrogens is 282 g/mol. The topological polar surface area (TPSA) is 49.3 Å². The van der Waals surface area contributed by atoms with Crippen LogP contribution in [0.1, 0.15) is 22.8 Å². The molecule has 2 aromatic rings. The molecule has 0 bridgehead atoms. The molecule has 0 aliphatic heterocycles. The second-order valence-corrected chi connectivity index (χ2v) is 5.69. The molecule has 110 valence electrons. The van der Waals surface area contributed by atoms with Crippen molar-refractivity contribution in [2.24, 2.45) is 0 Å². The van der Waals surface area contributed by atoms with Gasteiger partial charge in [-0.15, -0.1) is 11.8 Å². The third-order valence-corrected chi connectivity index (χ3v) is 4.08. The Morgan fingerprint density at radius 1 is 1.24 bits per heavy atom. The second kappa shape index (κ2) is 7.29. The van der Waals surface area contributed by atoms with Crippen LogP contribution >= 0.6 is 11.8 Å². The molecule has 0 aromatic heterocycles. The third kappa shape index (κ3) is 4.09. The van der Waals surface area contributed by atoms with E-state index < -0.39 is 6.10 Å². The van der Waals surface area contributed by atoms with Gasteiger partial charge in [0.05, 0.1) is 0 Å². The molecule has 21 heavy (non-hydrogen) atoms. The number of aliphatic hydroxyl groups excluding tert-OH is 1. The second-order valence-electron chi connectivity index (χ2n) is 4.85. The van der Waals surface area contributed by atoms with Gasteiger partial charge in [0.25, 0.3) is 5.91 Å². The van der Waals surface area contributed by atoms with Crippen LogP contribution in [0.3, 0.4) is 0 Å². The first-order valence-electron chi connectivity index (χ1n) is 6.76. The summed E-state index contributed by atoms with van der Waals surface area (Å²) >= 11 is 1.65. The molecule has 1 unspecified atom stereocenters. The molecule has 0 saturated carbocycles. The SMILES string of the molecule is CSc1cc(C)ccc1CNC(=O)C(O)c1ccccc1. The largest absolute Gasteiger partial charge is 0.378 e. The van der Waals surface area contributed by atoms with Crippen LogP contribution in [0.25, 0.3) is 0 Å². The number of hydrogen-bond donors (Lipinski definition) is 2. The van der Waals surface area contributed by atoms with Gasteiger partial charge in [0.2, 0.25) is 0 Å². The summed E-state index contributed by atoms with van der Waals surface area (Å²) in [5.74, 6) is -0.381. The van der Waals surface area contributed by atoms with Gasteiger partial charge in [-0.3, -0.25) is 4.79 Å². The Labute approximate surface area is 129 Å². The standard InChI is InChI=1S/C17H19NO2S/c1-12-8-9-14(15(10-12)21-2)11-18-17(20)16(19)13-6-4-3-5-7-13/h3-10,16,19H,11H2,1-2H3,(H,18,20). The number of benzene rings is 2. The maximum atomic E-state index is 12.0. The predicted octanol–water partition coefficient (Wildman–Crippen LogP) is 3.07. The number of nitrogens with one attached hydrogen (secondary N) is 1. The summed E-state index contributed by atoms with van der Waals surface area (Å²) in [6.07, 6.45) is 0.883. The molecule has 4 heteroatoms. The van der Waals surface area contributed by atoms with Gasteiger partial charge in [-0.25, -0.2) is 0 Å². The zero-order chi connectivity index (χ0) is 15.2. The van der Waals surface area contributed by atoms with Crippen LogP contribution in [0.15, 0.2) is 53.4 Å². The lowest BCUT2D eigenvalue weighted by atomic mass is 10.1. The van der Waals surface area contributed by atoms with Crippen molar-refractivity contribution in [1.82, 2.24) is 5.32 Å². The fraction of sp³-hybridized carbons (Fsp3) is 0.235. The van der Waals surface area contributed by atoms with E-state index in [2.05, 4.69) is 11.4 Å². The lowest BCUT2D eigenvalue weighted by molar-refractivity contribution is -0.129. The van der Waals surface area contributed by atoms with Crippen LogP contribution in [0.4, 0.5) is 0 Å². The molecule has 1 atom stereocenters. The molecule has 0 spiro atoms. The maximum Gasteiger partial charge on any atom is 0.253 e. The zero-order valence-electron chi connectivity index (χ0n) is 12.2. The van der Waals surface area contributed by atoms with E-state index in [1.165, 1.54) is 5.56 Å². The Kier molecular flexibility index (Phi) is 5.42. The van der Waals surface area contributed by atoms with Crippen molar-refractivity contribution in [3.05, 3.63) is 65.2 Å². The number of thioether (sulfide) groups is 1. The fourth-order valence-corrected chi connectivity index (χ4v) is 2.77. The average Bonchev–Trinajstić information content (AvgIpc) is 2.53. The normalized spacial score (nSPS) is 12.0. The first-order chi connectivity index (χ1) is 10.1. The van der Waals surface area contributed by atoms with Crippen molar-refractivity contribution in [3.8, 4) is 0 Å². The predicted molar refractivity (Wildman–Crippen MR) is 86.2 cm³/mol. The van der Waals surface area contributed by atoms with Crippen molar-refractivity contribution in [3.63, 3.8) is 0 Å². The van der Waals surface area contributed by atoms with Crippen LogP contribution in [0.5, 0.6) is 0 Å². The molecule has 2 N–H and O–H groups in total. The molecule has 0 aliphatic rings. The summed E-state index contributed by atoms with van der Waals surface area (Å²) in [5.41, 5.74) is 2.85. The molecule has 0 saturated heterocycles. The quantitative estimate of drug-likeness (QED) is 0.835. The van der Waals surface area contributed by atoms with Crippen LogP contribution in [-0.4, -0.2) is 17.3 Å². The Morgan fingerprint density at radius 3 is 2.62 bits per heavy atom. The van der Waals surface area contributed by atoms with Crippen molar-refractivity contribution in [2.75, 3.05) is 6.26 Å². The molecule has 0 fully saturated rings. The number of carbonyl (C=O) groups is 1. The molecule has 0 radical (unpaired) electrons. The lowest BCUT2D eigenvalue weighted by Crippen LogP contribution is -2.29. The van der Waals surface area contributed by atoms with Crippen molar-refractivity contribution >= 4 is 17.7 Å². The summed E-state index contributed by atoms with van der Waals surface area (Å²) in [6, 6.07) is 15.1. The minimum Gasteiger partial charge on any atom is -0.378 e. The molecule has 2 aromatic carbocycles. The number of amides is 1.